The van der Waals surface area contributed by atoms with E-state index in [2.05, 4.69) is 33.1 Å². The van der Waals surface area contributed by atoms with Crippen molar-refractivity contribution in [1.29, 1.82) is 0 Å². The molecule has 122 valence electrons. The molecule has 3 aromatic rings. The van der Waals surface area contributed by atoms with Gasteiger partial charge in [-0.2, -0.15) is 0 Å². The molecule has 0 radical (unpaired) electrons. The van der Waals surface area contributed by atoms with Crippen molar-refractivity contribution < 1.29 is 9.21 Å². The monoisotopic (exact) mass is 402 g/mol. The summed E-state index contributed by atoms with van der Waals surface area (Å²) in [6, 6.07) is 15.3. The number of aromatic nitrogens is 2. The second-order valence-electron chi connectivity index (χ2n) is 5.12. The maximum absolute atomic E-state index is 12.2. The Morgan fingerprint density at radius 1 is 1.12 bits per heavy atom. The van der Waals surface area contributed by atoms with Crippen LogP contribution in [0.2, 0.25) is 0 Å². The van der Waals surface area contributed by atoms with Crippen molar-refractivity contribution >= 4 is 33.5 Å². The molecule has 0 saturated heterocycles. The SMILES string of the molecule is CCc1ccc(C(=O)CSc2nnc(-c3ccccc3Br)o2)cc1. The predicted octanol–water partition coefficient (Wildman–Crippen LogP) is 5.04. The van der Waals surface area contributed by atoms with E-state index in [1.54, 1.807) is 0 Å². The van der Waals surface area contributed by atoms with Crippen LogP contribution in [0.1, 0.15) is 22.8 Å². The molecule has 6 heteroatoms. The normalized spacial score (nSPS) is 10.8. The van der Waals surface area contributed by atoms with Crippen LogP contribution in [0.15, 0.2) is 62.6 Å². The molecule has 4 nitrogen and oxygen atoms in total. The third-order valence-corrected chi connectivity index (χ3v) is 5.03. The number of aryl methyl sites for hydroxylation is 1. The highest BCUT2D eigenvalue weighted by molar-refractivity contribution is 9.10. The summed E-state index contributed by atoms with van der Waals surface area (Å²) in [7, 11) is 0. The first-order valence-electron chi connectivity index (χ1n) is 7.50. The van der Waals surface area contributed by atoms with Gasteiger partial charge in [-0.1, -0.05) is 55.1 Å². The minimum atomic E-state index is 0.0447. The highest BCUT2D eigenvalue weighted by Gasteiger charge is 2.13. The van der Waals surface area contributed by atoms with Crippen molar-refractivity contribution in [2.24, 2.45) is 0 Å². The number of carbonyl (C=O) groups is 1. The molecule has 0 aliphatic heterocycles. The van der Waals surface area contributed by atoms with E-state index < -0.39 is 0 Å². The molecule has 0 fully saturated rings. The number of hydrogen-bond acceptors (Lipinski definition) is 5. The lowest BCUT2D eigenvalue weighted by atomic mass is 10.1. The largest absolute Gasteiger partial charge is 0.411 e. The summed E-state index contributed by atoms with van der Waals surface area (Å²) >= 11 is 4.71. The van der Waals surface area contributed by atoms with Gasteiger partial charge in [0.2, 0.25) is 5.89 Å². The van der Waals surface area contributed by atoms with Gasteiger partial charge in [0, 0.05) is 10.0 Å². The summed E-state index contributed by atoms with van der Waals surface area (Å²) in [6.45, 7) is 2.09. The first-order valence-corrected chi connectivity index (χ1v) is 9.28. The Hall–Kier alpha value is -1.92. The fourth-order valence-corrected chi connectivity index (χ4v) is 3.26. The second kappa shape index (κ2) is 7.77. The standard InChI is InChI=1S/C18H15BrN2O2S/c1-2-12-7-9-13(10-8-12)16(22)11-24-18-21-20-17(23-18)14-5-3-4-6-15(14)19/h3-10H,2,11H2,1H3. The number of Topliss-reactive ketones (excluding diaryl/α,β-unsaturated/α-hetero) is 1. The van der Waals surface area contributed by atoms with E-state index in [1.807, 2.05) is 48.5 Å². The molecule has 24 heavy (non-hydrogen) atoms. The Balaban J connectivity index is 1.65. The van der Waals surface area contributed by atoms with E-state index in [4.69, 9.17) is 4.42 Å². The van der Waals surface area contributed by atoms with Crippen molar-refractivity contribution in [1.82, 2.24) is 10.2 Å². The van der Waals surface area contributed by atoms with Crippen LogP contribution in [0.25, 0.3) is 11.5 Å². The highest BCUT2D eigenvalue weighted by atomic mass is 79.9. The van der Waals surface area contributed by atoms with Crippen LogP contribution in [0.5, 0.6) is 0 Å². The van der Waals surface area contributed by atoms with Crippen LogP contribution in [0.4, 0.5) is 0 Å². The third kappa shape index (κ3) is 3.94. The molecular formula is C18H15BrN2O2S. The van der Waals surface area contributed by atoms with Crippen LogP contribution in [0, 0.1) is 0 Å². The first kappa shape index (κ1) is 16.9. The van der Waals surface area contributed by atoms with Crippen LogP contribution in [-0.4, -0.2) is 21.7 Å². The molecule has 2 aromatic carbocycles. The van der Waals surface area contributed by atoms with E-state index >= 15 is 0 Å². The Labute approximate surface area is 152 Å². The third-order valence-electron chi connectivity index (χ3n) is 3.52. The van der Waals surface area contributed by atoms with Gasteiger partial charge >= 0.3 is 0 Å². The summed E-state index contributed by atoms with van der Waals surface area (Å²) < 4.78 is 6.52. The Morgan fingerprint density at radius 2 is 1.88 bits per heavy atom. The topological polar surface area (TPSA) is 56.0 Å². The van der Waals surface area contributed by atoms with Gasteiger partial charge in [0.1, 0.15) is 0 Å². The molecule has 1 aromatic heterocycles. The summed E-state index contributed by atoms with van der Waals surface area (Å²) in [5, 5.41) is 8.43. The number of rotatable bonds is 6. The van der Waals surface area contributed by atoms with Crippen molar-refractivity contribution in [2.75, 3.05) is 5.75 Å². The van der Waals surface area contributed by atoms with Crippen LogP contribution in [0.3, 0.4) is 0 Å². The first-order chi connectivity index (χ1) is 11.7. The average Bonchev–Trinajstić information content (AvgIpc) is 3.09. The van der Waals surface area contributed by atoms with Gasteiger partial charge in [0.25, 0.3) is 5.22 Å². The lowest BCUT2D eigenvalue weighted by molar-refractivity contribution is 0.102. The van der Waals surface area contributed by atoms with E-state index in [0.717, 1.165) is 16.5 Å². The number of nitrogens with zero attached hydrogens (tertiary/aromatic N) is 2. The van der Waals surface area contributed by atoms with Crippen molar-refractivity contribution in [3.05, 3.63) is 64.1 Å². The van der Waals surface area contributed by atoms with Crippen LogP contribution < -0.4 is 0 Å². The summed E-state index contributed by atoms with van der Waals surface area (Å²) in [4.78, 5) is 12.2. The van der Waals surface area contributed by atoms with Gasteiger partial charge in [0.05, 0.1) is 11.3 Å². The molecule has 3 rings (SSSR count). The molecule has 0 saturated carbocycles. The average molecular weight is 403 g/mol. The number of carbonyl (C=O) groups excluding carboxylic acids is 1. The maximum atomic E-state index is 12.2. The fourth-order valence-electron chi connectivity index (χ4n) is 2.15. The fraction of sp³-hybridized carbons (Fsp3) is 0.167. The molecule has 0 aliphatic carbocycles. The van der Waals surface area contributed by atoms with Gasteiger partial charge in [-0.25, -0.2) is 0 Å². The molecule has 0 atom stereocenters. The Morgan fingerprint density at radius 3 is 2.58 bits per heavy atom. The zero-order valence-corrected chi connectivity index (χ0v) is 15.4. The zero-order chi connectivity index (χ0) is 16.9. The molecule has 0 unspecified atom stereocenters. The number of ketones is 1. The quantitative estimate of drug-likeness (QED) is 0.427. The summed E-state index contributed by atoms with van der Waals surface area (Å²) in [6.07, 6.45) is 0.961. The summed E-state index contributed by atoms with van der Waals surface area (Å²) in [5.41, 5.74) is 2.75. The molecule has 0 spiro atoms. The van der Waals surface area contributed by atoms with Crippen LogP contribution >= 0.6 is 27.7 Å². The molecule has 0 bridgehead atoms. The van der Waals surface area contributed by atoms with Gasteiger partial charge in [-0.3, -0.25) is 4.79 Å². The molecule has 0 aliphatic rings. The smallest absolute Gasteiger partial charge is 0.277 e. The Bertz CT molecular complexity index is 846. The predicted molar refractivity (Wildman–Crippen MR) is 98.3 cm³/mol. The van der Waals surface area contributed by atoms with Gasteiger partial charge in [0.15, 0.2) is 5.78 Å². The van der Waals surface area contributed by atoms with E-state index in [-0.39, 0.29) is 11.5 Å². The lowest BCUT2D eigenvalue weighted by Gasteiger charge is -2.01. The summed E-state index contributed by atoms with van der Waals surface area (Å²) in [5.74, 6) is 0.747. The van der Waals surface area contributed by atoms with Gasteiger partial charge < -0.3 is 4.42 Å². The number of hydrogen-bond donors (Lipinski definition) is 0. The zero-order valence-electron chi connectivity index (χ0n) is 13.0. The van der Waals surface area contributed by atoms with Gasteiger partial charge in [-0.15, -0.1) is 10.2 Å². The van der Waals surface area contributed by atoms with E-state index in [9.17, 15) is 4.79 Å². The van der Waals surface area contributed by atoms with Crippen molar-refractivity contribution in [2.45, 2.75) is 18.6 Å². The van der Waals surface area contributed by atoms with E-state index in [0.29, 0.717) is 16.7 Å². The van der Waals surface area contributed by atoms with Gasteiger partial charge in [-0.05, 0) is 40.0 Å². The maximum Gasteiger partial charge on any atom is 0.277 e. The second-order valence-corrected chi connectivity index (χ2v) is 6.90. The van der Waals surface area contributed by atoms with E-state index in [1.165, 1.54) is 17.3 Å². The van der Waals surface area contributed by atoms with Crippen molar-refractivity contribution in [3.63, 3.8) is 0 Å². The minimum absolute atomic E-state index is 0.0447. The van der Waals surface area contributed by atoms with Crippen LogP contribution in [-0.2, 0) is 6.42 Å². The minimum Gasteiger partial charge on any atom is -0.411 e. The number of thioether (sulfide) groups is 1. The highest BCUT2D eigenvalue weighted by Crippen LogP contribution is 2.29. The number of halogens is 1. The number of benzene rings is 2. The van der Waals surface area contributed by atoms with Crippen molar-refractivity contribution in [3.8, 4) is 11.5 Å². The Kier molecular flexibility index (Phi) is 5.48. The molecular weight excluding hydrogens is 388 g/mol. The molecule has 0 amide bonds. The molecule has 1 heterocycles. The molecule has 0 N–H and O–H groups in total. The lowest BCUT2D eigenvalue weighted by Crippen LogP contribution is -2.02.